The Bertz CT molecular complexity index is 922. The molecule has 0 spiro atoms. The van der Waals surface area contributed by atoms with Crippen LogP contribution < -0.4 is 5.32 Å². The van der Waals surface area contributed by atoms with Gasteiger partial charge in [0.05, 0.1) is 31.0 Å². The van der Waals surface area contributed by atoms with Crippen molar-refractivity contribution in [3.63, 3.8) is 0 Å². The van der Waals surface area contributed by atoms with Crippen LogP contribution in [0.5, 0.6) is 0 Å². The fourth-order valence-corrected chi connectivity index (χ4v) is 2.97. The summed E-state index contributed by atoms with van der Waals surface area (Å²) in [5, 5.41) is 7.74. The quantitative estimate of drug-likeness (QED) is 0.770. The Labute approximate surface area is 150 Å². The van der Waals surface area contributed by atoms with Crippen LogP contribution in [-0.2, 0) is 19.6 Å². The van der Waals surface area contributed by atoms with E-state index in [4.69, 9.17) is 0 Å². The van der Waals surface area contributed by atoms with Gasteiger partial charge in [0, 0.05) is 24.6 Å². The highest BCUT2D eigenvalue weighted by Gasteiger charge is 2.24. The molecule has 4 heterocycles. The second-order valence-electron chi connectivity index (χ2n) is 6.17. The highest BCUT2D eigenvalue weighted by Crippen LogP contribution is 2.16. The van der Waals surface area contributed by atoms with Crippen LogP contribution in [0.25, 0.3) is 0 Å². The van der Waals surface area contributed by atoms with E-state index in [2.05, 4.69) is 25.4 Å². The molecule has 1 amide bonds. The van der Waals surface area contributed by atoms with E-state index in [1.165, 1.54) is 0 Å². The standard InChI is InChI=1S/C18H19N7O/c1-13-4-2-5-16(22-13)17(26)24-8-9-25-15(12-24)10-14(23-25)11-21-18-19-6-3-7-20-18/h2-7,10H,8-9,11-12H2,1H3,(H,19,20,21). The summed E-state index contributed by atoms with van der Waals surface area (Å²) in [7, 11) is 0. The Morgan fingerprint density at radius 1 is 1.19 bits per heavy atom. The van der Waals surface area contributed by atoms with Gasteiger partial charge in [-0.1, -0.05) is 6.07 Å². The third kappa shape index (κ3) is 3.39. The van der Waals surface area contributed by atoms with Gasteiger partial charge < -0.3 is 10.2 Å². The topological polar surface area (TPSA) is 88.8 Å². The average molecular weight is 349 g/mol. The predicted octanol–water partition coefficient (Wildman–Crippen LogP) is 1.64. The summed E-state index contributed by atoms with van der Waals surface area (Å²) in [6.07, 6.45) is 3.38. The number of amides is 1. The summed E-state index contributed by atoms with van der Waals surface area (Å²) >= 11 is 0. The molecule has 3 aromatic heterocycles. The summed E-state index contributed by atoms with van der Waals surface area (Å²) in [6.45, 7) is 4.25. The van der Waals surface area contributed by atoms with Crippen molar-refractivity contribution in [3.05, 3.63) is 65.5 Å². The molecule has 0 radical (unpaired) electrons. The van der Waals surface area contributed by atoms with Crippen LogP contribution in [-0.4, -0.2) is 42.1 Å². The summed E-state index contributed by atoms with van der Waals surface area (Å²) in [4.78, 5) is 27.1. The van der Waals surface area contributed by atoms with Crippen LogP contribution in [0, 0.1) is 6.92 Å². The second kappa shape index (κ2) is 6.91. The molecular weight excluding hydrogens is 330 g/mol. The van der Waals surface area contributed by atoms with Gasteiger partial charge in [-0.15, -0.1) is 0 Å². The summed E-state index contributed by atoms with van der Waals surface area (Å²) < 4.78 is 1.95. The molecule has 132 valence electrons. The maximum absolute atomic E-state index is 12.7. The molecule has 0 saturated heterocycles. The van der Waals surface area contributed by atoms with Crippen LogP contribution in [0.15, 0.2) is 42.7 Å². The molecule has 0 aliphatic carbocycles. The number of hydrogen-bond acceptors (Lipinski definition) is 6. The Balaban J connectivity index is 1.44. The maximum atomic E-state index is 12.7. The lowest BCUT2D eigenvalue weighted by atomic mass is 10.2. The zero-order valence-electron chi connectivity index (χ0n) is 14.5. The van der Waals surface area contributed by atoms with Crippen molar-refractivity contribution in [3.8, 4) is 0 Å². The Hall–Kier alpha value is -3.29. The van der Waals surface area contributed by atoms with E-state index >= 15 is 0 Å². The molecule has 8 nitrogen and oxygen atoms in total. The number of anilines is 1. The highest BCUT2D eigenvalue weighted by atomic mass is 16.2. The van der Waals surface area contributed by atoms with E-state index in [1.54, 1.807) is 24.5 Å². The molecule has 0 saturated carbocycles. The third-order valence-corrected chi connectivity index (χ3v) is 4.24. The van der Waals surface area contributed by atoms with Gasteiger partial charge >= 0.3 is 0 Å². The van der Waals surface area contributed by atoms with Crippen LogP contribution in [0.3, 0.4) is 0 Å². The van der Waals surface area contributed by atoms with Crippen molar-refractivity contribution in [2.75, 3.05) is 11.9 Å². The first kappa shape index (κ1) is 16.2. The molecule has 4 rings (SSSR count). The number of carbonyl (C=O) groups excluding carboxylic acids is 1. The van der Waals surface area contributed by atoms with Gasteiger partial charge in [0.1, 0.15) is 5.69 Å². The molecule has 1 N–H and O–H groups in total. The zero-order chi connectivity index (χ0) is 17.9. The minimum absolute atomic E-state index is 0.0430. The van der Waals surface area contributed by atoms with Gasteiger partial charge in [0.2, 0.25) is 5.95 Å². The molecule has 8 heteroatoms. The molecular formula is C18H19N7O. The van der Waals surface area contributed by atoms with Crippen LogP contribution in [0.1, 0.15) is 27.6 Å². The molecule has 1 aliphatic rings. The van der Waals surface area contributed by atoms with Crippen LogP contribution in [0.2, 0.25) is 0 Å². The predicted molar refractivity (Wildman–Crippen MR) is 95.3 cm³/mol. The lowest BCUT2D eigenvalue weighted by Gasteiger charge is -2.27. The van der Waals surface area contributed by atoms with E-state index in [0.29, 0.717) is 37.8 Å². The number of pyridine rings is 1. The fourth-order valence-electron chi connectivity index (χ4n) is 2.97. The fraction of sp³-hybridized carbons (Fsp3) is 0.278. The monoisotopic (exact) mass is 349 g/mol. The molecule has 0 aromatic carbocycles. The maximum Gasteiger partial charge on any atom is 0.272 e. The summed E-state index contributed by atoms with van der Waals surface area (Å²) in [6, 6.07) is 9.29. The van der Waals surface area contributed by atoms with Crippen molar-refractivity contribution >= 4 is 11.9 Å². The highest BCUT2D eigenvalue weighted by molar-refractivity contribution is 5.92. The number of hydrogen-bond donors (Lipinski definition) is 1. The van der Waals surface area contributed by atoms with Crippen LogP contribution >= 0.6 is 0 Å². The van der Waals surface area contributed by atoms with Gasteiger partial charge in [0.15, 0.2) is 0 Å². The lowest BCUT2D eigenvalue weighted by molar-refractivity contribution is 0.0700. The molecule has 3 aromatic rings. The van der Waals surface area contributed by atoms with Gasteiger partial charge in [-0.05, 0) is 31.2 Å². The normalized spacial score (nSPS) is 13.3. The summed E-state index contributed by atoms with van der Waals surface area (Å²) in [5.41, 5.74) is 3.24. The first-order valence-electron chi connectivity index (χ1n) is 8.48. The van der Waals surface area contributed by atoms with Crippen molar-refractivity contribution < 1.29 is 4.79 Å². The van der Waals surface area contributed by atoms with Crippen molar-refractivity contribution in [2.45, 2.75) is 26.6 Å². The van der Waals surface area contributed by atoms with E-state index in [-0.39, 0.29) is 5.91 Å². The number of aryl methyl sites for hydroxylation is 1. The number of nitrogens with zero attached hydrogens (tertiary/aromatic N) is 6. The Morgan fingerprint density at radius 2 is 2.04 bits per heavy atom. The van der Waals surface area contributed by atoms with Gasteiger partial charge in [0.25, 0.3) is 5.91 Å². The minimum Gasteiger partial charge on any atom is -0.348 e. The SMILES string of the molecule is Cc1cccc(C(=O)N2CCn3nc(CNc4ncccn4)cc3C2)n1. The average Bonchev–Trinajstić information content (AvgIpc) is 3.08. The van der Waals surface area contributed by atoms with E-state index in [1.807, 2.05) is 34.7 Å². The Morgan fingerprint density at radius 3 is 2.85 bits per heavy atom. The molecule has 1 aliphatic heterocycles. The molecule has 0 atom stereocenters. The molecule has 0 unspecified atom stereocenters. The van der Waals surface area contributed by atoms with Crippen LogP contribution in [0.4, 0.5) is 5.95 Å². The van der Waals surface area contributed by atoms with E-state index < -0.39 is 0 Å². The number of nitrogens with one attached hydrogen (secondary N) is 1. The second-order valence-corrected chi connectivity index (χ2v) is 6.17. The number of fused-ring (bicyclic) bond motifs is 1. The van der Waals surface area contributed by atoms with Gasteiger partial charge in [-0.2, -0.15) is 5.10 Å². The number of aromatic nitrogens is 5. The smallest absolute Gasteiger partial charge is 0.272 e. The van der Waals surface area contributed by atoms with Crippen molar-refractivity contribution in [1.82, 2.24) is 29.6 Å². The van der Waals surface area contributed by atoms with Crippen molar-refractivity contribution in [2.24, 2.45) is 0 Å². The Kier molecular flexibility index (Phi) is 4.30. The molecule has 26 heavy (non-hydrogen) atoms. The molecule has 0 fully saturated rings. The zero-order valence-corrected chi connectivity index (χ0v) is 14.5. The van der Waals surface area contributed by atoms with Gasteiger partial charge in [-0.25, -0.2) is 15.0 Å². The minimum atomic E-state index is -0.0430. The molecule has 0 bridgehead atoms. The third-order valence-electron chi connectivity index (χ3n) is 4.24. The summed E-state index contributed by atoms with van der Waals surface area (Å²) in [5.74, 6) is 0.527. The van der Waals surface area contributed by atoms with Crippen molar-refractivity contribution in [1.29, 1.82) is 0 Å². The first-order chi connectivity index (χ1) is 12.7. The first-order valence-corrected chi connectivity index (χ1v) is 8.48. The van der Waals surface area contributed by atoms with E-state index in [9.17, 15) is 4.79 Å². The van der Waals surface area contributed by atoms with E-state index in [0.717, 1.165) is 17.1 Å². The number of carbonyl (C=O) groups is 1. The number of rotatable bonds is 4. The van der Waals surface area contributed by atoms with Gasteiger partial charge in [-0.3, -0.25) is 9.48 Å². The lowest BCUT2D eigenvalue weighted by Crippen LogP contribution is -2.38. The largest absolute Gasteiger partial charge is 0.348 e.